The van der Waals surface area contributed by atoms with Crippen LogP contribution in [0.2, 0.25) is 0 Å². The number of aryl methyl sites for hydroxylation is 1. The number of aromatic nitrogens is 3. The second kappa shape index (κ2) is 4.93. The highest BCUT2D eigenvalue weighted by molar-refractivity contribution is 6.08. The molecular weight excluding hydrogens is 151 g/mol. The van der Waals surface area contributed by atoms with E-state index in [1.165, 1.54) is 0 Å². The van der Waals surface area contributed by atoms with Crippen LogP contribution in [0.1, 0.15) is 18.5 Å². The van der Waals surface area contributed by atoms with Crippen molar-refractivity contribution in [1.82, 2.24) is 15.0 Å². The Morgan fingerprint density at radius 1 is 1.50 bits per heavy atom. The molecule has 0 aromatic carbocycles. The molecule has 4 nitrogen and oxygen atoms in total. The highest BCUT2D eigenvalue weighted by Crippen LogP contribution is 1.95. The van der Waals surface area contributed by atoms with Gasteiger partial charge in [0.05, 0.1) is 13.5 Å². The predicted molar refractivity (Wildman–Crippen MR) is 47.8 cm³/mol. The number of unbranched alkanes of at least 4 members (excludes halogenated alkanes) is 1. The van der Waals surface area contributed by atoms with Crippen LogP contribution >= 0.6 is 0 Å². The predicted octanol–water partition coefficient (Wildman–Crippen LogP) is -0.314. The fourth-order valence-electron chi connectivity index (χ4n) is 0.959. The summed E-state index contributed by atoms with van der Waals surface area (Å²) in [5.74, 6) is 0. The zero-order valence-electron chi connectivity index (χ0n) is 7.11. The number of rotatable bonds is 5. The minimum atomic E-state index is 0.455. The van der Waals surface area contributed by atoms with Gasteiger partial charge < -0.3 is 5.73 Å². The van der Waals surface area contributed by atoms with Crippen molar-refractivity contribution in [3.8, 4) is 0 Å². The van der Waals surface area contributed by atoms with Gasteiger partial charge >= 0.3 is 0 Å². The maximum Gasteiger partial charge on any atom is 0.0741 e. The first kappa shape index (κ1) is 9.25. The van der Waals surface area contributed by atoms with Gasteiger partial charge in [-0.05, 0) is 25.7 Å². The fraction of sp³-hybridized carbons (Fsp3) is 0.714. The standard InChI is InChI=1S/C7H13BN4/c8-5-7-6-12(11-10-7)4-2-1-3-9/h6H,1-5,9H2. The van der Waals surface area contributed by atoms with Crippen LogP contribution in [0.5, 0.6) is 0 Å². The molecule has 5 heteroatoms. The molecule has 1 rings (SSSR count). The first-order chi connectivity index (χ1) is 5.86. The number of hydrogen-bond donors (Lipinski definition) is 1. The van der Waals surface area contributed by atoms with E-state index in [-0.39, 0.29) is 0 Å². The summed E-state index contributed by atoms with van der Waals surface area (Å²) >= 11 is 0. The smallest absolute Gasteiger partial charge is 0.0741 e. The number of nitrogens with two attached hydrogens (primary N) is 1. The first-order valence-electron chi connectivity index (χ1n) is 4.16. The van der Waals surface area contributed by atoms with Crippen LogP contribution in [0.4, 0.5) is 0 Å². The molecule has 0 saturated heterocycles. The molecule has 0 bridgehead atoms. The molecule has 0 aliphatic carbocycles. The Balaban J connectivity index is 2.31. The SMILES string of the molecule is [B]Cc1cn(CCCCN)nn1. The van der Waals surface area contributed by atoms with E-state index >= 15 is 0 Å². The lowest BCUT2D eigenvalue weighted by atomic mass is 10.0. The second-order valence-corrected chi connectivity index (χ2v) is 2.67. The van der Waals surface area contributed by atoms with Gasteiger partial charge in [0.25, 0.3) is 0 Å². The lowest BCUT2D eigenvalue weighted by molar-refractivity contribution is 0.544. The molecular formula is C7H13BN4. The van der Waals surface area contributed by atoms with Gasteiger partial charge in [-0.25, -0.2) is 0 Å². The van der Waals surface area contributed by atoms with Crippen molar-refractivity contribution in [2.24, 2.45) is 5.73 Å². The van der Waals surface area contributed by atoms with Crippen molar-refractivity contribution in [2.75, 3.05) is 6.54 Å². The van der Waals surface area contributed by atoms with Crippen molar-refractivity contribution in [3.63, 3.8) is 0 Å². The zero-order valence-corrected chi connectivity index (χ0v) is 7.11. The van der Waals surface area contributed by atoms with Gasteiger partial charge in [0.1, 0.15) is 0 Å². The highest BCUT2D eigenvalue weighted by Gasteiger charge is 1.96. The lowest BCUT2D eigenvalue weighted by Crippen LogP contribution is -2.03. The minimum absolute atomic E-state index is 0.455. The van der Waals surface area contributed by atoms with Crippen LogP contribution in [-0.4, -0.2) is 29.4 Å². The largest absolute Gasteiger partial charge is 0.330 e. The maximum atomic E-state index is 5.38. The van der Waals surface area contributed by atoms with Crippen molar-refractivity contribution in [2.45, 2.75) is 25.7 Å². The normalized spacial score (nSPS) is 10.4. The van der Waals surface area contributed by atoms with Crippen molar-refractivity contribution in [1.29, 1.82) is 0 Å². The van der Waals surface area contributed by atoms with E-state index in [1.807, 2.05) is 6.20 Å². The molecule has 0 spiro atoms. The van der Waals surface area contributed by atoms with Crippen LogP contribution < -0.4 is 5.73 Å². The van der Waals surface area contributed by atoms with Gasteiger partial charge in [0.2, 0.25) is 0 Å². The van der Waals surface area contributed by atoms with Gasteiger partial charge in [-0.1, -0.05) is 5.21 Å². The molecule has 0 saturated carbocycles. The summed E-state index contributed by atoms with van der Waals surface area (Å²) in [6.07, 6.45) is 4.40. The average molecular weight is 164 g/mol. The summed E-state index contributed by atoms with van der Waals surface area (Å²) in [6.45, 7) is 1.61. The van der Waals surface area contributed by atoms with Gasteiger partial charge in [-0.3, -0.25) is 4.68 Å². The highest BCUT2D eigenvalue weighted by atomic mass is 15.4. The number of nitrogens with zero attached hydrogens (tertiary/aromatic N) is 3. The summed E-state index contributed by atoms with van der Waals surface area (Å²) in [5.41, 5.74) is 6.19. The van der Waals surface area contributed by atoms with Crippen molar-refractivity contribution >= 4 is 7.85 Å². The van der Waals surface area contributed by atoms with Crippen LogP contribution in [0, 0.1) is 0 Å². The lowest BCUT2D eigenvalue weighted by Gasteiger charge is -1.97. The molecule has 0 amide bonds. The topological polar surface area (TPSA) is 56.7 Å². The molecule has 2 radical (unpaired) electrons. The van der Waals surface area contributed by atoms with E-state index in [4.69, 9.17) is 13.6 Å². The van der Waals surface area contributed by atoms with E-state index in [0.717, 1.165) is 31.6 Å². The second-order valence-electron chi connectivity index (χ2n) is 2.67. The molecule has 0 unspecified atom stereocenters. The Hall–Kier alpha value is -0.835. The molecule has 12 heavy (non-hydrogen) atoms. The van der Waals surface area contributed by atoms with E-state index < -0.39 is 0 Å². The summed E-state index contributed by atoms with van der Waals surface area (Å²) in [6, 6.07) is 0. The third kappa shape index (κ3) is 2.66. The van der Waals surface area contributed by atoms with E-state index in [0.29, 0.717) is 6.32 Å². The van der Waals surface area contributed by atoms with Gasteiger partial charge in [0.15, 0.2) is 0 Å². The third-order valence-electron chi connectivity index (χ3n) is 1.64. The summed E-state index contributed by atoms with van der Waals surface area (Å²) in [4.78, 5) is 0. The number of hydrogen-bond acceptors (Lipinski definition) is 3. The van der Waals surface area contributed by atoms with Crippen LogP contribution in [0.25, 0.3) is 0 Å². The van der Waals surface area contributed by atoms with E-state index in [1.54, 1.807) is 4.68 Å². The quantitative estimate of drug-likeness (QED) is 0.479. The summed E-state index contributed by atoms with van der Waals surface area (Å²) < 4.78 is 1.80. The molecule has 0 fully saturated rings. The third-order valence-corrected chi connectivity index (χ3v) is 1.64. The van der Waals surface area contributed by atoms with Gasteiger partial charge in [-0.15, -0.1) is 5.10 Å². The molecule has 2 N–H and O–H groups in total. The van der Waals surface area contributed by atoms with Gasteiger partial charge in [0, 0.05) is 12.7 Å². The van der Waals surface area contributed by atoms with E-state index in [2.05, 4.69) is 10.3 Å². The fourth-order valence-corrected chi connectivity index (χ4v) is 0.959. The molecule has 0 aliphatic heterocycles. The Labute approximate surface area is 73.5 Å². The average Bonchev–Trinajstić information content (AvgIpc) is 2.53. The molecule has 0 aliphatic rings. The Bertz CT molecular complexity index is 223. The molecule has 0 atom stereocenters. The molecule has 1 aromatic rings. The van der Waals surface area contributed by atoms with Crippen LogP contribution in [0.15, 0.2) is 6.20 Å². The Morgan fingerprint density at radius 3 is 2.92 bits per heavy atom. The van der Waals surface area contributed by atoms with Crippen LogP contribution in [-0.2, 0) is 12.9 Å². The van der Waals surface area contributed by atoms with Gasteiger partial charge in [-0.2, -0.15) is 0 Å². The minimum Gasteiger partial charge on any atom is -0.330 e. The van der Waals surface area contributed by atoms with Crippen molar-refractivity contribution < 1.29 is 0 Å². The maximum absolute atomic E-state index is 5.38. The van der Waals surface area contributed by atoms with Crippen molar-refractivity contribution in [3.05, 3.63) is 11.9 Å². The molecule has 1 heterocycles. The summed E-state index contributed by atoms with van der Waals surface area (Å²) in [5, 5.41) is 7.77. The monoisotopic (exact) mass is 164 g/mol. The first-order valence-corrected chi connectivity index (χ1v) is 4.16. The zero-order chi connectivity index (χ0) is 8.81. The van der Waals surface area contributed by atoms with E-state index in [9.17, 15) is 0 Å². The van der Waals surface area contributed by atoms with Crippen LogP contribution in [0.3, 0.4) is 0 Å². The summed E-state index contributed by atoms with van der Waals surface area (Å²) in [7, 11) is 5.38. The Morgan fingerprint density at radius 2 is 2.33 bits per heavy atom. The molecule has 64 valence electrons. The molecule has 1 aromatic heterocycles. The Kier molecular flexibility index (Phi) is 3.80.